The Bertz CT molecular complexity index is 845. The van der Waals surface area contributed by atoms with Gasteiger partial charge in [0.15, 0.2) is 0 Å². The summed E-state index contributed by atoms with van der Waals surface area (Å²) in [5.41, 5.74) is 3.11. The number of amides is 1. The molecule has 24 heavy (non-hydrogen) atoms. The van der Waals surface area contributed by atoms with E-state index in [-0.39, 0.29) is 5.91 Å². The van der Waals surface area contributed by atoms with Crippen molar-refractivity contribution in [3.05, 3.63) is 42.5 Å². The molecule has 2 aromatic heterocycles. The zero-order valence-electron chi connectivity index (χ0n) is 13.6. The van der Waals surface area contributed by atoms with Gasteiger partial charge in [-0.3, -0.25) is 4.79 Å². The van der Waals surface area contributed by atoms with Crippen molar-refractivity contribution in [2.45, 2.75) is 13.5 Å². The maximum atomic E-state index is 12.6. The van der Waals surface area contributed by atoms with Crippen molar-refractivity contribution in [3.8, 4) is 0 Å². The highest BCUT2D eigenvalue weighted by atomic mass is 16.2. The van der Waals surface area contributed by atoms with Crippen LogP contribution in [0.4, 0.5) is 5.95 Å². The minimum absolute atomic E-state index is 0.134. The number of piperazine rings is 1. The van der Waals surface area contributed by atoms with Crippen molar-refractivity contribution >= 4 is 22.9 Å². The van der Waals surface area contributed by atoms with Gasteiger partial charge in [-0.2, -0.15) is 0 Å². The average molecular weight is 324 g/mol. The molecule has 7 heteroatoms. The largest absolute Gasteiger partial charge is 0.339 e. The summed E-state index contributed by atoms with van der Waals surface area (Å²) >= 11 is 0. The number of carbonyl (C=O) groups is 1. The van der Waals surface area contributed by atoms with Gasteiger partial charge < -0.3 is 19.4 Å². The molecule has 0 saturated carbocycles. The molecule has 1 saturated heterocycles. The van der Waals surface area contributed by atoms with Crippen LogP contribution in [0.2, 0.25) is 0 Å². The molecule has 0 spiro atoms. The number of hydrogen-bond donors (Lipinski definition) is 1. The van der Waals surface area contributed by atoms with Gasteiger partial charge in [0.25, 0.3) is 0 Å². The highest BCUT2D eigenvalue weighted by Gasteiger charge is 2.22. The molecule has 4 rings (SSSR count). The Kier molecular flexibility index (Phi) is 3.68. The summed E-state index contributed by atoms with van der Waals surface area (Å²) in [5.74, 6) is 1.01. The molecule has 1 aromatic carbocycles. The average Bonchev–Trinajstić information content (AvgIpc) is 3.25. The molecule has 0 radical (unpaired) electrons. The molecule has 7 nitrogen and oxygen atoms in total. The van der Waals surface area contributed by atoms with E-state index in [9.17, 15) is 4.79 Å². The van der Waals surface area contributed by atoms with E-state index in [4.69, 9.17) is 0 Å². The Labute approximate surface area is 139 Å². The Balaban J connectivity index is 1.42. The first kappa shape index (κ1) is 14.7. The lowest BCUT2D eigenvalue weighted by atomic mass is 10.2. The van der Waals surface area contributed by atoms with Crippen molar-refractivity contribution in [1.29, 1.82) is 0 Å². The fraction of sp³-hybridized carbons (Fsp3) is 0.353. The first-order chi connectivity index (χ1) is 11.7. The number of anilines is 1. The molecule has 1 aliphatic rings. The van der Waals surface area contributed by atoms with E-state index in [2.05, 4.69) is 25.9 Å². The van der Waals surface area contributed by atoms with Gasteiger partial charge in [-0.25, -0.2) is 9.97 Å². The lowest BCUT2D eigenvalue weighted by molar-refractivity contribution is -0.132. The lowest BCUT2D eigenvalue weighted by Gasteiger charge is -2.34. The predicted octanol–water partition coefficient (Wildman–Crippen LogP) is 1.42. The van der Waals surface area contributed by atoms with Crippen molar-refractivity contribution in [1.82, 2.24) is 24.4 Å². The summed E-state index contributed by atoms with van der Waals surface area (Å²) in [6.45, 7) is 5.40. The van der Waals surface area contributed by atoms with Crippen LogP contribution >= 0.6 is 0 Å². The number of fused-ring (bicyclic) bond motifs is 1. The van der Waals surface area contributed by atoms with Crippen LogP contribution in [0.5, 0.6) is 0 Å². The molecular weight excluding hydrogens is 304 g/mol. The highest BCUT2D eigenvalue weighted by Crippen LogP contribution is 2.16. The second-order valence-electron chi connectivity index (χ2n) is 6.15. The van der Waals surface area contributed by atoms with Crippen LogP contribution in [-0.2, 0) is 11.3 Å². The summed E-state index contributed by atoms with van der Waals surface area (Å²) in [4.78, 5) is 28.5. The van der Waals surface area contributed by atoms with Crippen LogP contribution in [-0.4, -0.2) is 56.5 Å². The molecule has 0 unspecified atom stereocenters. The molecule has 0 atom stereocenters. The molecule has 124 valence electrons. The van der Waals surface area contributed by atoms with E-state index < -0.39 is 0 Å². The molecular formula is C17H20N6O. The van der Waals surface area contributed by atoms with Crippen LogP contribution in [0.15, 0.2) is 36.9 Å². The number of H-pyrrole nitrogens is 1. The number of benzene rings is 1. The van der Waals surface area contributed by atoms with E-state index in [1.807, 2.05) is 34.7 Å². The summed E-state index contributed by atoms with van der Waals surface area (Å²) in [6.07, 6.45) is 5.32. The number of aryl methyl sites for hydroxylation is 1. The van der Waals surface area contributed by atoms with Gasteiger partial charge in [-0.1, -0.05) is 6.07 Å². The topological polar surface area (TPSA) is 70.1 Å². The highest BCUT2D eigenvalue weighted by molar-refractivity contribution is 5.81. The van der Waals surface area contributed by atoms with Gasteiger partial charge >= 0.3 is 0 Å². The lowest BCUT2D eigenvalue weighted by Crippen LogP contribution is -2.49. The van der Waals surface area contributed by atoms with E-state index in [0.29, 0.717) is 19.6 Å². The summed E-state index contributed by atoms with van der Waals surface area (Å²) in [6, 6.07) is 6.10. The van der Waals surface area contributed by atoms with Crippen LogP contribution in [0, 0.1) is 6.92 Å². The third kappa shape index (κ3) is 2.73. The Morgan fingerprint density at radius 1 is 1.21 bits per heavy atom. The summed E-state index contributed by atoms with van der Waals surface area (Å²) in [5, 5.41) is 0. The molecule has 1 fully saturated rings. The van der Waals surface area contributed by atoms with E-state index in [1.165, 1.54) is 5.56 Å². The van der Waals surface area contributed by atoms with Crippen LogP contribution < -0.4 is 4.90 Å². The smallest absolute Gasteiger partial charge is 0.242 e. The van der Waals surface area contributed by atoms with E-state index in [1.54, 1.807) is 12.5 Å². The quantitative estimate of drug-likeness (QED) is 0.791. The maximum absolute atomic E-state index is 12.6. The molecule has 0 aliphatic carbocycles. The minimum atomic E-state index is 0.134. The molecule has 1 amide bonds. The molecule has 0 bridgehead atoms. The number of rotatable bonds is 3. The molecule has 1 N–H and O–H groups in total. The minimum Gasteiger partial charge on any atom is -0.339 e. The summed E-state index contributed by atoms with van der Waals surface area (Å²) in [7, 11) is 0. The number of hydrogen-bond acceptors (Lipinski definition) is 4. The second kappa shape index (κ2) is 5.99. The first-order valence-electron chi connectivity index (χ1n) is 8.14. The molecule has 3 heterocycles. The first-order valence-corrected chi connectivity index (χ1v) is 8.14. The van der Waals surface area contributed by atoms with Crippen molar-refractivity contribution < 1.29 is 4.79 Å². The van der Waals surface area contributed by atoms with Gasteiger partial charge in [0, 0.05) is 38.6 Å². The molecule has 3 aromatic rings. The number of aromatic nitrogens is 4. The van der Waals surface area contributed by atoms with Gasteiger partial charge in [0.1, 0.15) is 6.54 Å². The van der Waals surface area contributed by atoms with Gasteiger partial charge in [0.05, 0.1) is 17.4 Å². The Morgan fingerprint density at radius 2 is 2.04 bits per heavy atom. The number of carbonyl (C=O) groups excluding carboxylic acids is 1. The van der Waals surface area contributed by atoms with Gasteiger partial charge in [-0.05, 0) is 24.6 Å². The van der Waals surface area contributed by atoms with Crippen molar-refractivity contribution in [2.75, 3.05) is 31.1 Å². The van der Waals surface area contributed by atoms with Crippen LogP contribution in [0.3, 0.4) is 0 Å². The van der Waals surface area contributed by atoms with Crippen LogP contribution in [0.1, 0.15) is 5.56 Å². The second-order valence-corrected chi connectivity index (χ2v) is 6.15. The zero-order valence-corrected chi connectivity index (χ0v) is 13.6. The maximum Gasteiger partial charge on any atom is 0.242 e. The normalized spacial score (nSPS) is 15.2. The third-order valence-electron chi connectivity index (χ3n) is 4.50. The number of nitrogens with zero attached hydrogens (tertiary/aromatic N) is 5. The molecule has 1 aliphatic heterocycles. The summed E-state index contributed by atoms with van der Waals surface area (Å²) < 4.78 is 1.93. The third-order valence-corrected chi connectivity index (χ3v) is 4.50. The van der Waals surface area contributed by atoms with E-state index in [0.717, 1.165) is 30.1 Å². The standard InChI is InChI=1S/C17H20N6O/c1-13-2-3-14-15(10-13)23(12-20-14)11-16(24)21-6-8-22(9-7-21)17-18-4-5-19-17/h2-5,10,12H,6-9,11H2,1H3,(H,18,19). The number of nitrogens with one attached hydrogen (secondary N) is 1. The fourth-order valence-corrected chi connectivity index (χ4v) is 3.14. The SMILES string of the molecule is Cc1ccc2ncn(CC(=O)N3CCN(c4ncc[nH]4)CC3)c2c1. The van der Waals surface area contributed by atoms with Gasteiger partial charge in [-0.15, -0.1) is 0 Å². The van der Waals surface area contributed by atoms with Crippen molar-refractivity contribution in [3.63, 3.8) is 0 Å². The predicted molar refractivity (Wildman–Crippen MR) is 91.9 cm³/mol. The Hall–Kier alpha value is -2.83. The number of imidazole rings is 2. The monoisotopic (exact) mass is 324 g/mol. The van der Waals surface area contributed by atoms with Crippen LogP contribution in [0.25, 0.3) is 11.0 Å². The van der Waals surface area contributed by atoms with Crippen molar-refractivity contribution in [2.24, 2.45) is 0 Å². The number of aromatic amines is 1. The van der Waals surface area contributed by atoms with E-state index >= 15 is 0 Å². The fourth-order valence-electron chi connectivity index (χ4n) is 3.14. The zero-order chi connectivity index (χ0) is 16.5. The van der Waals surface area contributed by atoms with Gasteiger partial charge in [0.2, 0.25) is 11.9 Å². The Morgan fingerprint density at radius 3 is 2.79 bits per heavy atom.